The number of carbonyl (C=O) groups is 2. The van der Waals surface area contributed by atoms with Gasteiger partial charge in [-0.05, 0) is 29.8 Å². The molecule has 31 heavy (non-hydrogen) atoms. The second-order valence-electron chi connectivity index (χ2n) is 6.74. The van der Waals surface area contributed by atoms with Crippen LogP contribution in [-0.4, -0.2) is 37.5 Å². The smallest absolute Gasteiger partial charge is 0.307 e. The van der Waals surface area contributed by atoms with Crippen molar-refractivity contribution >= 4 is 11.9 Å². The van der Waals surface area contributed by atoms with Gasteiger partial charge in [0.05, 0.1) is 20.6 Å². The highest BCUT2D eigenvalue weighted by molar-refractivity contribution is 5.91. The Labute approximate surface area is 181 Å². The minimum Gasteiger partial charge on any atom is -0.493 e. The number of hydrogen-bond acceptors (Lipinski definition) is 6. The van der Waals surface area contributed by atoms with Crippen molar-refractivity contribution in [2.45, 2.75) is 19.6 Å². The summed E-state index contributed by atoms with van der Waals surface area (Å²) in [5, 5.41) is 0. The van der Waals surface area contributed by atoms with Crippen molar-refractivity contribution in [1.82, 2.24) is 4.90 Å². The maximum Gasteiger partial charge on any atom is 0.307 e. The molecule has 0 bridgehead atoms. The van der Waals surface area contributed by atoms with Gasteiger partial charge in [0.1, 0.15) is 12.4 Å². The number of benzene rings is 2. The van der Waals surface area contributed by atoms with E-state index in [4.69, 9.17) is 18.6 Å². The Kier molecular flexibility index (Phi) is 7.70. The van der Waals surface area contributed by atoms with Gasteiger partial charge in [-0.2, -0.15) is 0 Å². The average Bonchev–Trinajstić information content (AvgIpc) is 3.29. The van der Waals surface area contributed by atoms with Crippen molar-refractivity contribution < 1.29 is 28.2 Å². The zero-order valence-electron chi connectivity index (χ0n) is 17.6. The predicted molar refractivity (Wildman–Crippen MR) is 114 cm³/mol. The molecular weight excluding hydrogens is 398 g/mol. The molecule has 0 aliphatic rings. The zero-order chi connectivity index (χ0) is 22.1. The Morgan fingerprint density at radius 3 is 2.32 bits per heavy atom. The first kappa shape index (κ1) is 22.0. The third-order valence-electron chi connectivity index (χ3n) is 4.63. The Bertz CT molecular complexity index is 998. The Morgan fingerprint density at radius 1 is 0.903 bits per heavy atom. The maximum atomic E-state index is 13.1. The molecule has 3 aromatic rings. The lowest BCUT2D eigenvalue weighted by Gasteiger charge is -2.21. The quantitative estimate of drug-likeness (QED) is 0.458. The maximum absolute atomic E-state index is 13.1. The molecule has 1 aromatic heterocycles. The Hall–Kier alpha value is -3.74. The van der Waals surface area contributed by atoms with E-state index in [1.165, 1.54) is 7.11 Å². The summed E-state index contributed by atoms with van der Waals surface area (Å²) in [6.07, 6.45) is 0.0968. The fourth-order valence-electron chi connectivity index (χ4n) is 3.00. The number of rotatable bonds is 10. The molecule has 0 aliphatic heterocycles. The summed E-state index contributed by atoms with van der Waals surface area (Å²) in [5.74, 6) is 1.19. The van der Waals surface area contributed by atoms with Gasteiger partial charge in [0.2, 0.25) is 0 Å². The van der Waals surface area contributed by atoms with Gasteiger partial charge in [0.25, 0.3) is 5.91 Å². The molecule has 7 heteroatoms. The summed E-state index contributed by atoms with van der Waals surface area (Å²) >= 11 is 0. The molecule has 0 saturated heterocycles. The molecular formula is C24H25NO6. The number of esters is 1. The van der Waals surface area contributed by atoms with Crippen LogP contribution in [0.3, 0.4) is 0 Å². The summed E-state index contributed by atoms with van der Waals surface area (Å²) in [6, 6.07) is 20.2. The van der Waals surface area contributed by atoms with Gasteiger partial charge in [-0.3, -0.25) is 9.59 Å². The zero-order valence-corrected chi connectivity index (χ0v) is 17.6. The SMILES string of the molecule is COC(=O)CCN(Cc1ccccc1)C(=O)c1ccc(COc2ccccc2OC)o1. The van der Waals surface area contributed by atoms with Gasteiger partial charge < -0.3 is 23.5 Å². The van der Waals surface area contributed by atoms with Gasteiger partial charge in [0, 0.05) is 13.1 Å². The first-order chi connectivity index (χ1) is 15.1. The summed E-state index contributed by atoms with van der Waals surface area (Å²) in [6.45, 7) is 0.715. The fraction of sp³-hybridized carbons (Fsp3) is 0.250. The summed E-state index contributed by atoms with van der Waals surface area (Å²) in [7, 11) is 2.90. The van der Waals surface area contributed by atoms with E-state index in [0.29, 0.717) is 23.8 Å². The monoisotopic (exact) mass is 423 g/mol. The lowest BCUT2D eigenvalue weighted by molar-refractivity contribution is -0.140. The number of ether oxygens (including phenoxy) is 3. The number of carbonyl (C=O) groups excluding carboxylic acids is 2. The van der Waals surface area contributed by atoms with Crippen LogP contribution in [0.25, 0.3) is 0 Å². The van der Waals surface area contributed by atoms with Crippen molar-refractivity contribution in [3.8, 4) is 11.5 Å². The number of nitrogens with zero attached hydrogens (tertiary/aromatic N) is 1. The minimum absolute atomic E-state index is 0.0968. The number of para-hydroxylation sites is 2. The first-order valence-electron chi connectivity index (χ1n) is 9.85. The van der Waals surface area contributed by atoms with Crippen LogP contribution in [0.1, 0.15) is 28.3 Å². The minimum atomic E-state index is -0.379. The van der Waals surface area contributed by atoms with Crippen molar-refractivity contribution in [1.29, 1.82) is 0 Å². The third kappa shape index (κ3) is 6.12. The van der Waals surface area contributed by atoms with E-state index in [-0.39, 0.29) is 37.2 Å². The number of methoxy groups -OCH3 is 2. The molecule has 1 heterocycles. The van der Waals surface area contributed by atoms with Gasteiger partial charge in [0.15, 0.2) is 17.3 Å². The highest BCUT2D eigenvalue weighted by Gasteiger charge is 2.21. The van der Waals surface area contributed by atoms with Crippen molar-refractivity contribution in [2.75, 3.05) is 20.8 Å². The normalized spacial score (nSPS) is 10.4. The van der Waals surface area contributed by atoms with Gasteiger partial charge >= 0.3 is 5.97 Å². The number of hydrogen-bond donors (Lipinski definition) is 0. The number of amides is 1. The largest absolute Gasteiger partial charge is 0.493 e. The fourth-order valence-corrected chi connectivity index (χ4v) is 3.00. The lowest BCUT2D eigenvalue weighted by Crippen LogP contribution is -2.32. The van der Waals surface area contributed by atoms with E-state index in [1.54, 1.807) is 36.3 Å². The van der Waals surface area contributed by atoms with Crippen LogP contribution < -0.4 is 9.47 Å². The van der Waals surface area contributed by atoms with Crippen LogP contribution in [0.2, 0.25) is 0 Å². The summed E-state index contributed by atoms with van der Waals surface area (Å²) in [4.78, 5) is 26.2. The van der Waals surface area contributed by atoms with Gasteiger partial charge in [-0.15, -0.1) is 0 Å². The first-order valence-corrected chi connectivity index (χ1v) is 9.85. The molecule has 0 radical (unpaired) electrons. The molecule has 162 valence electrons. The molecule has 0 unspecified atom stereocenters. The van der Waals surface area contributed by atoms with Crippen LogP contribution >= 0.6 is 0 Å². The molecule has 0 fully saturated rings. The topological polar surface area (TPSA) is 78.2 Å². The number of furan rings is 1. The van der Waals surface area contributed by atoms with Crippen LogP contribution in [0, 0.1) is 0 Å². The van der Waals surface area contributed by atoms with Crippen LogP contribution in [0.15, 0.2) is 71.1 Å². The molecule has 0 saturated carbocycles. The molecule has 1 amide bonds. The van der Waals surface area contributed by atoms with Crippen LogP contribution in [0.5, 0.6) is 11.5 Å². The van der Waals surface area contributed by atoms with Gasteiger partial charge in [-0.1, -0.05) is 42.5 Å². The van der Waals surface area contributed by atoms with E-state index < -0.39 is 0 Å². The molecule has 0 spiro atoms. The Morgan fingerprint density at radius 2 is 1.61 bits per heavy atom. The highest BCUT2D eigenvalue weighted by atomic mass is 16.5. The van der Waals surface area contributed by atoms with E-state index >= 15 is 0 Å². The molecule has 0 atom stereocenters. The van der Waals surface area contributed by atoms with Gasteiger partial charge in [-0.25, -0.2) is 0 Å². The Balaban J connectivity index is 1.69. The average molecular weight is 423 g/mol. The van der Waals surface area contributed by atoms with Crippen molar-refractivity contribution in [3.05, 3.63) is 83.8 Å². The van der Waals surface area contributed by atoms with E-state index in [2.05, 4.69) is 0 Å². The van der Waals surface area contributed by atoms with E-state index in [9.17, 15) is 9.59 Å². The van der Waals surface area contributed by atoms with Crippen LogP contribution in [0.4, 0.5) is 0 Å². The summed E-state index contributed by atoms with van der Waals surface area (Å²) < 4.78 is 21.4. The van der Waals surface area contributed by atoms with Crippen molar-refractivity contribution in [3.63, 3.8) is 0 Å². The molecule has 3 rings (SSSR count). The second-order valence-corrected chi connectivity index (χ2v) is 6.74. The molecule has 0 aliphatic carbocycles. The third-order valence-corrected chi connectivity index (χ3v) is 4.63. The van der Waals surface area contributed by atoms with Crippen molar-refractivity contribution in [2.24, 2.45) is 0 Å². The predicted octanol–water partition coefficient (Wildman–Crippen LogP) is 4.07. The molecule has 0 N–H and O–H groups in total. The van der Waals surface area contributed by atoms with E-state index in [1.807, 2.05) is 42.5 Å². The highest BCUT2D eigenvalue weighted by Crippen LogP contribution is 2.27. The van der Waals surface area contributed by atoms with Crippen LogP contribution in [-0.2, 0) is 22.7 Å². The standard InChI is InChI=1S/C24H25NO6/c1-28-20-10-6-7-11-21(20)30-17-19-12-13-22(31-19)24(27)25(15-14-23(26)29-2)16-18-8-4-3-5-9-18/h3-13H,14-17H2,1-2H3. The van der Waals surface area contributed by atoms with E-state index in [0.717, 1.165) is 5.56 Å². The summed E-state index contributed by atoms with van der Waals surface area (Å²) in [5.41, 5.74) is 0.951. The lowest BCUT2D eigenvalue weighted by atomic mass is 10.2. The second kappa shape index (κ2) is 10.9. The molecule has 7 nitrogen and oxygen atoms in total. The molecule has 2 aromatic carbocycles.